The number of halogens is 4. The number of alkyl halides is 3. The molecule has 1 aliphatic rings. The normalized spacial score (nSPS) is 18.1. The molecule has 1 fully saturated rings. The summed E-state index contributed by atoms with van der Waals surface area (Å²) >= 11 is 0. The number of aliphatic hydroxyl groups is 1. The van der Waals surface area contributed by atoms with Gasteiger partial charge in [-0.25, -0.2) is 4.39 Å². The van der Waals surface area contributed by atoms with Crippen LogP contribution < -0.4 is 5.32 Å². The van der Waals surface area contributed by atoms with Crippen LogP contribution in [0.1, 0.15) is 13.3 Å². The second kappa shape index (κ2) is 8.22. The van der Waals surface area contributed by atoms with E-state index in [2.05, 4.69) is 5.32 Å². The number of nitrogens with zero attached hydrogens (tertiary/aromatic N) is 2. The van der Waals surface area contributed by atoms with Gasteiger partial charge in [0.2, 0.25) is 11.8 Å². The third-order valence-corrected chi connectivity index (χ3v) is 4.33. The highest BCUT2D eigenvalue weighted by Gasteiger charge is 2.51. The lowest BCUT2D eigenvalue weighted by Gasteiger charge is -2.36. The molecule has 2 rings (SSSR count). The third-order valence-electron chi connectivity index (χ3n) is 4.33. The minimum atomic E-state index is -4.89. The Balaban J connectivity index is 1.78. The fourth-order valence-electron chi connectivity index (χ4n) is 2.60. The van der Waals surface area contributed by atoms with Gasteiger partial charge in [0.25, 0.3) is 0 Å². The van der Waals surface area contributed by atoms with Crippen molar-refractivity contribution in [2.24, 2.45) is 0 Å². The summed E-state index contributed by atoms with van der Waals surface area (Å²) in [6.45, 7) is 1.57. The van der Waals surface area contributed by atoms with Gasteiger partial charge in [-0.2, -0.15) is 13.2 Å². The van der Waals surface area contributed by atoms with Crippen molar-refractivity contribution in [2.75, 3.05) is 38.0 Å². The summed E-state index contributed by atoms with van der Waals surface area (Å²) in [5.74, 6) is -1.52. The van der Waals surface area contributed by atoms with Crippen LogP contribution in [0.15, 0.2) is 24.3 Å². The first-order valence-electron chi connectivity index (χ1n) is 8.32. The molecule has 0 aromatic heterocycles. The molecule has 1 atom stereocenters. The van der Waals surface area contributed by atoms with Crippen LogP contribution in [0.4, 0.5) is 23.2 Å². The molecule has 10 heteroatoms. The van der Waals surface area contributed by atoms with Crippen LogP contribution in [-0.2, 0) is 9.59 Å². The number of amides is 2. The molecule has 2 amide bonds. The topological polar surface area (TPSA) is 72.9 Å². The first-order chi connectivity index (χ1) is 12.5. The molecule has 6 nitrogen and oxygen atoms in total. The van der Waals surface area contributed by atoms with E-state index in [1.54, 1.807) is 4.90 Å². The maximum absolute atomic E-state index is 12.8. The monoisotopic (exact) mass is 391 g/mol. The Morgan fingerprint density at radius 3 is 2.19 bits per heavy atom. The molecule has 2 N–H and O–H groups in total. The fourth-order valence-corrected chi connectivity index (χ4v) is 2.60. The average molecular weight is 391 g/mol. The van der Waals surface area contributed by atoms with E-state index in [4.69, 9.17) is 0 Å². The Hall–Kier alpha value is -2.20. The Morgan fingerprint density at radius 2 is 1.67 bits per heavy atom. The van der Waals surface area contributed by atoms with Gasteiger partial charge in [0.1, 0.15) is 5.82 Å². The summed E-state index contributed by atoms with van der Waals surface area (Å²) in [7, 11) is 0. The van der Waals surface area contributed by atoms with Crippen molar-refractivity contribution >= 4 is 17.5 Å². The van der Waals surface area contributed by atoms with Gasteiger partial charge >= 0.3 is 6.18 Å². The maximum Gasteiger partial charge on any atom is 0.417 e. The van der Waals surface area contributed by atoms with Gasteiger partial charge in [0.15, 0.2) is 5.60 Å². The van der Waals surface area contributed by atoms with Gasteiger partial charge in [-0.3, -0.25) is 14.5 Å². The number of piperazine rings is 1. The van der Waals surface area contributed by atoms with Crippen molar-refractivity contribution < 1.29 is 32.3 Å². The molecule has 1 saturated heterocycles. The van der Waals surface area contributed by atoms with Crippen molar-refractivity contribution in [3.8, 4) is 0 Å². The average Bonchev–Trinajstić information content (AvgIpc) is 2.56. The number of benzene rings is 1. The minimum absolute atomic E-state index is 0.0413. The number of anilines is 1. The largest absolute Gasteiger partial charge is 0.417 e. The molecule has 150 valence electrons. The predicted molar refractivity (Wildman–Crippen MR) is 89.3 cm³/mol. The number of nitrogens with one attached hydrogen (secondary N) is 1. The molecule has 0 unspecified atom stereocenters. The van der Waals surface area contributed by atoms with E-state index in [1.165, 1.54) is 29.2 Å². The van der Waals surface area contributed by atoms with E-state index in [1.807, 2.05) is 0 Å². The SMILES string of the molecule is C[C@](O)(CC(=O)N1CCN(CC(=O)Nc2ccc(F)cc2)CC1)C(F)(F)F. The Morgan fingerprint density at radius 1 is 1.11 bits per heavy atom. The molecule has 1 aromatic rings. The lowest BCUT2D eigenvalue weighted by atomic mass is 10.0. The summed E-state index contributed by atoms with van der Waals surface area (Å²) < 4.78 is 50.9. The van der Waals surface area contributed by atoms with E-state index in [0.29, 0.717) is 25.7 Å². The smallest absolute Gasteiger partial charge is 0.380 e. The van der Waals surface area contributed by atoms with Crippen molar-refractivity contribution in [1.82, 2.24) is 9.80 Å². The Bertz CT molecular complexity index is 669. The molecule has 0 aliphatic carbocycles. The first kappa shape index (κ1) is 21.1. The lowest BCUT2D eigenvalue weighted by molar-refractivity contribution is -0.254. The van der Waals surface area contributed by atoms with Crippen LogP contribution in [-0.4, -0.2) is 71.2 Å². The molecule has 1 aromatic carbocycles. The fraction of sp³-hybridized carbons (Fsp3) is 0.529. The second-order valence-electron chi connectivity index (χ2n) is 6.66. The summed E-state index contributed by atoms with van der Waals surface area (Å²) in [6, 6.07) is 5.29. The number of carbonyl (C=O) groups is 2. The van der Waals surface area contributed by atoms with Crippen molar-refractivity contribution in [3.05, 3.63) is 30.1 Å². The Labute approximate surface area is 153 Å². The van der Waals surface area contributed by atoms with E-state index >= 15 is 0 Å². The molecular weight excluding hydrogens is 370 g/mol. The summed E-state index contributed by atoms with van der Waals surface area (Å²) in [4.78, 5) is 27.0. The number of carbonyl (C=O) groups excluding carboxylic acids is 2. The van der Waals surface area contributed by atoms with Crippen LogP contribution in [0.2, 0.25) is 0 Å². The van der Waals surface area contributed by atoms with Crippen LogP contribution in [0.5, 0.6) is 0 Å². The molecule has 1 aliphatic heterocycles. The molecule has 0 bridgehead atoms. The lowest BCUT2D eigenvalue weighted by Crippen LogP contribution is -2.53. The van der Waals surface area contributed by atoms with Gasteiger partial charge in [-0.05, 0) is 31.2 Å². The van der Waals surface area contributed by atoms with Crippen LogP contribution in [0.3, 0.4) is 0 Å². The van der Waals surface area contributed by atoms with E-state index in [9.17, 15) is 32.3 Å². The quantitative estimate of drug-likeness (QED) is 0.749. The molecular formula is C17H21F4N3O3. The predicted octanol–water partition coefficient (Wildman–Crippen LogP) is 1.61. The summed E-state index contributed by atoms with van der Waals surface area (Å²) in [5, 5.41) is 12.0. The highest BCUT2D eigenvalue weighted by Crippen LogP contribution is 2.33. The molecule has 0 radical (unpaired) electrons. The molecule has 27 heavy (non-hydrogen) atoms. The third kappa shape index (κ3) is 5.90. The highest BCUT2D eigenvalue weighted by molar-refractivity contribution is 5.92. The zero-order chi connectivity index (χ0) is 20.2. The van der Waals surface area contributed by atoms with Gasteiger partial charge in [0.05, 0.1) is 13.0 Å². The van der Waals surface area contributed by atoms with Crippen LogP contribution in [0.25, 0.3) is 0 Å². The summed E-state index contributed by atoms with van der Waals surface area (Å²) in [6.07, 6.45) is -5.93. The zero-order valence-corrected chi connectivity index (χ0v) is 14.7. The second-order valence-corrected chi connectivity index (χ2v) is 6.66. The molecule has 0 spiro atoms. The van der Waals surface area contributed by atoms with E-state index in [0.717, 1.165) is 0 Å². The number of hydrogen-bond donors (Lipinski definition) is 2. The zero-order valence-electron chi connectivity index (χ0n) is 14.7. The minimum Gasteiger partial charge on any atom is -0.380 e. The summed E-state index contributed by atoms with van der Waals surface area (Å²) in [5.41, 5.74) is -2.62. The first-order valence-corrected chi connectivity index (χ1v) is 8.32. The van der Waals surface area contributed by atoms with Crippen molar-refractivity contribution in [1.29, 1.82) is 0 Å². The van der Waals surface area contributed by atoms with Gasteiger partial charge in [-0.1, -0.05) is 0 Å². The van der Waals surface area contributed by atoms with Gasteiger partial charge in [-0.15, -0.1) is 0 Å². The van der Waals surface area contributed by atoms with Crippen molar-refractivity contribution in [3.63, 3.8) is 0 Å². The number of rotatable bonds is 5. The highest BCUT2D eigenvalue weighted by atomic mass is 19.4. The number of hydrogen-bond acceptors (Lipinski definition) is 4. The van der Waals surface area contributed by atoms with E-state index in [-0.39, 0.29) is 25.5 Å². The van der Waals surface area contributed by atoms with Crippen LogP contribution in [0, 0.1) is 5.82 Å². The molecule has 1 heterocycles. The van der Waals surface area contributed by atoms with E-state index < -0.39 is 29.9 Å². The maximum atomic E-state index is 12.8. The van der Waals surface area contributed by atoms with Crippen LogP contribution >= 0.6 is 0 Å². The van der Waals surface area contributed by atoms with Gasteiger partial charge in [0, 0.05) is 31.9 Å². The standard InChI is InChI=1S/C17H21F4N3O3/c1-16(27,17(19,20)21)10-15(26)24-8-6-23(7-9-24)11-14(25)22-13-4-2-12(18)3-5-13/h2-5,27H,6-11H2,1H3,(H,22,25)/t16-/m0/s1. The van der Waals surface area contributed by atoms with Gasteiger partial charge < -0.3 is 15.3 Å². The Kier molecular flexibility index (Phi) is 6.42. The molecule has 0 saturated carbocycles. The van der Waals surface area contributed by atoms with Crippen molar-refractivity contribution in [2.45, 2.75) is 25.1 Å².